The van der Waals surface area contributed by atoms with Gasteiger partial charge >= 0.3 is 6.18 Å². The van der Waals surface area contributed by atoms with E-state index in [1.165, 1.54) is 44.1 Å². The summed E-state index contributed by atoms with van der Waals surface area (Å²) in [4.78, 5) is 0. The number of halogens is 3. The summed E-state index contributed by atoms with van der Waals surface area (Å²) in [6.45, 7) is 1.08. The predicted molar refractivity (Wildman–Crippen MR) is 78.0 cm³/mol. The van der Waals surface area contributed by atoms with Gasteiger partial charge in [-0.1, -0.05) is 38.0 Å². The molecule has 0 aromatic carbocycles. The Balaban J connectivity index is 1.75. The van der Waals surface area contributed by atoms with E-state index in [4.69, 9.17) is 4.74 Å². The first kappa shape index (κ1) is 16.6. The van der Waals surface area contributed by atoms with Gasteiger partial charge in [0.15, 0.2) is 0 Å². The highest BCUT2D eigenvalue weighted by molar-refractivity contribution is 5.27. The smallest absolute Gasteiger partial charge is 0.364 e. The van der Waals surface area contributed by atoms with E-state index in [0.29, 0.717) is 12.3 Å². The van der Waals surface area contributed by atoms with Gasteiger partial charge in [-0.05, 0) is 49.5 Å². The zero-order valence-electron chi connectivity index (χ0n) is 12.7. The Morgan fingerprint density at radius 1 is 1.19 bits per heavy atom. The van der Waals surface area contributed by atoms with Crippen molar-refractivity contribution in [3.05, 3.63) is 23.8 Å². The third-order valence-corrected chi connectivity index (χ3v) is 4.57. The van der Waals surface area contributed by atoms with Crippen molar-refractivity contribution < 1.29 is 17.9 Å². The molecular formula is C17H25F3O. The predicted octanol–water partition coefficient (Wildman–Crippen LogP) is 5.43. The molecule has 0 heterocycles. The molecule has 0 saturated heterocycles. The number of allylic oxidation sites excluding steroid dienone is 2. The summed E-state index contributed by atoms with van der Waals surface area (Å²) in [7, 11) is 0. The Morgan fingerprint density at radius 3 is 2.43 bits per heavy atom. The highest BCUT2D eigenvalue weighted by atomic mass is 19.4. The van der Waals surface area contributed by atoms with E-state index in [9.17, 15) is 13.2 Å². The fourth-order valence-corrected chi connectivity index (χ4v) is 3.44. The maximum atomic E-state index is 12.1. The van der Waals surface area contributed by atoms with E-state index in [-0.39, 0.29) is 0 Å². The summed E-state index contributed by atoms with van der Waals surface area (Å²) < 4.78 is 41.2. The van der Waals surface area contributed by atoms with Crippen LogP contribution in [-0.2, 0) is 4.74 Å². The van der Waals surface area contributed by atoms with Gasteiger partial charge in [0.05, 0.1) is 6.10 Å². The Kier molecular flexibility index (Phi) is 5.91. The molecule has 0 bridgehead atoms. The zero-order chi connectivity index (χ0) is 15.3. The minimum absolute atomic E-state index is 0.424. The molecule has 1 nitrogen and oxygen atoms in total. The average molecular weight is 302 g/mol. The van der Waals surface area contributed by atoms with Crippen LogP contribution >= 0.6 is 0 Å². The highest BCUT2D eigenvalue weighted by Crippen LogP contribution is 2.37. The van der Waals surface area contributed by atoms with E-state index in [2.05, 4.69) is 13.0 Å². The average Bonchev–Trinajstić information content (AvgIpc) is 2.46. The van der Waals surface area contributed by atoms with Gasteiger partial charge in [-0.2, -0.15) is 13.2 Å². The molecule has 120 valence electrons. The van der Waals surface area contributed by atoms with E-state index in [1.54, 1.807) is 6.08 Å². The lowest BCUT2D eigenvalue weighted by Crippen LogP contribution is -2.23. The topological polar surface area (TPSA) is 9.23 Å². The molecule has 2 rings (SSSR count). The van der Waals surface area contributed by atoms with Gasteiger partial charge in [0.2, 0.25) is 0 Å². The van der Waals surface area contributed by atoms with Crippen molar-refractivity contribution in [2.24, 2.45) is 11.8 Å². The standard InChI is InChI=1S/C17H25F3O/c1-2-3-13-4-6-14(7-5-13)15-8-10-16(11-9-15)21-12-17(18,19)20/h8-10,13-14,16H,2-7,11-12H2,1H3. The second-order valence-corrected chi connectivity index (χ2v) is 6.27. The fraction of sp³-hybridized carbons (Fsp3) is 0.765. The van der Waals surface area contributed by atoms with Gasteiger partial charge < -0.3 is 4.74 Å². The lowest BCUT2D eigenvalue weighted by molar-refractivity contribution is -0.180. The van der Waals surface area contributed by atoms with Crippen LogP contribution in [0.4, 0.5) is 13.2 Å². The molecule has 1 fully saturated rings. The number of rotatable bonds is 5. The van der Waals surface area contributed by atoms with Crippen LogP contribution in [0, 0.1) is 11.8 Å². The lowest BCUT2D eigenvalue weighted by atomic mass is 9.76. The lowest BCUT2D eigenvalue weighted by Gasteiger charge is -2.30. The Morgan fingerprint density at radius 2 is 1.90 bits per heavy atom. The summed E-state index contributed by atoms with van der Waals surface area (Å²) >= 11 is 0. The minimum Gasteiger partial charge on any atom is -0.364 e. The van der Waals surface area contributed by atoms with Crippen LogP contribution in [0.2, 0.25) is 0 Å². The molecule has 0 aromatic heterocycles. The SMILES string of the molecule is CCCC1CCC(C2=CCC(OCC(F)(F)F)C=C2)CC1. The maximum absolute atomic E-state index is 12.1. The summed E-state index contributed by atoms with van der Waals surface area (Å²) in [6, 6.07) is 0. The van der Waals surface area contributed by atoms with E-state index in [1.807, 2.05) is 6.08 Å². The van der Waals surface area contributed by atoms with Crippen molar-refractivity contribution in [2.45, 2.75) is 64.1 Å². The molecule has 0 aromatic rings. The number of ether oxygens (including phenoxy) is 1. The van der Waals surface area contributed by atoms with Crippen LogP contribution in [0.15, 0.2) is 23.8 Å². The van der Waals surface area contributed by atoms with E-state index < -0.39 is 18.9 Å². The highest BCUT2D eigenvalue weighted by Gasteiger charge is 2.29. The molecule has 2 aliphatic carbocycles. The van der Waals surface area contributed by atoms with Crippen LogP contribution in [0.5, 0.6) is 0 Å². The van der Waals surface area contributed by atoms with Gasteiger partial charge in [-0.15, -0.1) is 0 Å². The van der Waals surface area contributed by atoms with Crippen molar-refractivity contribution in [3.8, 4) is 0 Å². The van der Waals surface area contributed by atoms with Crippen molar-refractivity contribution in [3.63, 3.8) is 0 Å². The molecule has 1 atom stereocenters. The molecule has 21 heavy (non-hydrogen) atoms. The molecular weight excluding hydrogens is 277 g/mol. The molecule has 4 heteroatoms. The van der Waals surface area contributed by atoms with Gasteiger partial charge in [0.25, 0.3) is 0 Å². The van der Waals surface area contributed by atoms with Crippen molar-refractivity contribution >= 4 is 0 Å². The fourth-order valence-electron chi connectivity index (χ4n) is 3.44. The van der Waals surface area contributed by atoms with Crippen LogP contribution < -0.4 is 0 Å². The molecule has 2 aliphatic rings. The second-order valence-electron chi connectivity index (χ2n) is 6.27. The van der Waals surface area contributed by atoms with Crippen LogP contribution in [0.25, 0.3) is 0 Å². The van der Waals surface area contributed by atoms with E-state index >= 15 is 0 Å². The van der Waals surface area contributed by atoms with Crippen LogP contribution in [0.3, 0.4) is 0 Å². The first-order valence-electron chi connectivity index (χ1n) is 8.04. The Labute approximate surface area is 125 Å². The third-order valence-electron chi connectivity index (χ3n) is 4.57. The molecule has 1 unspecified atom stereocenters. The number of hydrogen-bond acceptors (Lipinski definition) is 1. The van der Waals surface area contributed by atoms with Crippen LogP contribution in [0.1, 0.15) is 51.9 Å². The monoisotopic (exact) mass is 302 g/mol. The molecule has 0 N–H and O–H groups in total. The quantitative estimate of drug-likeness (QED) is 0.658. The Bertz CT molecular complexity index is 376. The number of alkyl halides is 3. The molecule has 1 saturated carbocycles. The largest absolute Gasteiger partial charge is 0.411 e. The van der Waals surface area contributed by atoms with Gasteiger partial charge in [0.1, 0.15) is 6.61 Å². The first-order valence-corrected chi connectivity index (χ1v) is 8.04. The van der Waals surface area contributed by atoms with Gasteiger partial charge in [-0.3, -0.25) is 0 Å². The Hall–Kier alpha value is -0.770. The molecule has 0 radical (unpaired) electrons. The first-order chi connectivity index (χ1) is 9.98. The van der Waals surface area contributed by atoms with Crippen LogP contribution in [-0.4, -0.2) is 18.9 Å². The van der Waals surface area contributed by atoms with Crippen molar-refractivity contribution in [1.29, 1.82) is 0 Å². The van der Waals surface area contributed by atoms with E-state index in [0.717, 1.165) is 5.92 Å². The minimum atomic E-state index is -4.24. The zero-order valence-corrected chi connectivity index (χ0v) is 12.7. The number of hydrogen-bond donors (Lipinski definition) is 0. The maximum Gasteiger partial charge on any atom is 0.411 e. The van der Waals surface area contributed by atoms with Gasteiger partial charge in [-0.25, -0.2) is 0 Å². The normalized spacial score (nSPS) is 30.3. The summed E-state index contributed by atoms with van der Waals surface area (Å²) in [5.41, 5.74) is 1.30. The molecule has 0 amide bonds. The summed E-state index contributed by atoms with van der Waals surface area (Å²) in [5.74, 6) is 1.47. The second kappa shape index (κ2) is 7.48. The molecule has 0 spiro atoms. The summed E-state index contributed by atoms with van der Waals surface area (Å²) in [5, 5.41) is 0. The van der Waals surface area contributed by atoms with Crippen molar-refractivity contribution in [2.75, 3.05) is 6.61 Å². The summed E-state index contributed by atoms with van der Waals surface area (Å²) in [6.07, 6.45) is 9.35. The third kappa shape index (κ3) is 5.50. The van der Waals surface area contributed by atoms with Gasteiger partial charge in [0, 0.05) is 0 Å². The van der Waals surface area contributed by atoms with Crippen molar-refractivity contribution in [1.82, 2.24) is 0 Å². The molecule has 0 aliphatic heterocycles.